The Hall–Kier alpha value is -2.70. The fourth-order valence-electron chi connectivity index (χ4n) is 3.01. The van der Waals surface area contributed by atoms with E-state index in [1.165, 1.54) is 6.07 Å². The third kappa shape index (κ3) is 2.90. The number of rotatable bonds is 5. The van der Waals surface area contributed by atoms with Crippen LogP contribution in [0.1, 0.15) is 41.2 Å². The third-order valence-corrected chi connectivity index (χ3v) is 4.45. The van der Waals surface area contributed by atoms with Crippen LogP contribution < -0.4 is 0 Å². The molecule has 130 valence electrons. The predicted octanol–water partition coefficient (Wildman–Crippen LogP) is 2.50. The first kappa shape index (κ1) is 17.1. The van der Waals surface area contributed by atoms with E-state index in [2.05, 4.69) is 4.98 Å². The summed E-state index contributed by atoms with van der Waals surface area (Å²) in [7, 11) is 0. The number of aliphatic hydroxyl groups excluding tert-OH is 1. The highest BCUT2D eigenvalue weighted by atomic mass is 16.4. The minimum Gasteiger partial charge on any atom is -0.478 e. The number of carbonyl (C=O) groups is 1. The van der Waals surface area contributed by atoms with Crippen molar-refractivity contribution in [3.8, 4) is 0 Å². The van der Waals surface area contributed by atoms with Crippen LogP contribution in [0.5, 0.6) is 0 Å². The van der Waals surface area contributed by atoms with E-state index in [1.807, 2.05) is 11.5 Å². The molecule has 2 aromatic carbocycles. The summed E-state index contributed by atoms with van der Waals surface area (Å²) < 4.78 is 1.82. The highest BCUT2D eigenvalue weighted by Gasteiger charge is 2.32. The van der Waals surface area contributed by atoms with Crippen molar-refractivity contribution in [2.24, 2.45) is 0 Å². The first-order chi connectivity index (χ1) is 11.9. The van der Waals surface area contributed by atoms with Gasteiger partial charge in [0.05, 0.1) is 23.2 Å². The molecule has 1 atom stereocenters. The van der Waals surface area contributed by atoms with Gasteiger partial charge in [-0.15, -0.1) is 0 Å². The zero-order valence-corrected chi connectivity index (χ0v) is 14.1. The molecule has 3 aromatic rings. The highest BCUT2D eigenvalue weighted by molar-refractivity contribution is 5.92. The van der Waals surface area contributed by atoms with Crippen LogP contribution in [0, 0.1) is 0 Å². The second kappa shape index (κ2) is 6.31. The van der Waals surface area contributed by atoms with Gasteiger partial charge in [-0.1, -0.05) is 24.3 Å². The molecule has 3 N–H and O–H groups in total. The number of nitrogens with zero attached hydrogens (tertiary/aromatic N) is 2. The summed E-state index contributed by atoms with van der Waals surface area (Å²) in [6.07, 6.45) is 0. The highest BCUT2D eigenvalue weighted by Crippen LogP contribution is 2.31. The molecule has 0 aliphatic rings. The molecule has 6 heteroatoms. The van der Waals surface area contributed by atoms with Gasteiger partial charge in [0.25, 0.3) is 0 Å². The zero-order chi connectivity index (χ0) is 18.2. The Balaban J connectivity index is 2.17. The fraction of sp³-hybridized carbons (Fsp3) is 0.263. The molecule has 0 bridgehead atoms. The van der Waals surface area contributed by atoms with E-state index in [0.29, 0.717) is 29.0 Å². The molecule has 0 aliphatic carbocycles. The predicted molar refractivity (Wildman–Crippen MR) is 93.4 cm³/mol. The number of imidazole rings is 1. The summed E-state index contributed by atoms with van der Waals surface area (Å²) in [4.78, 5) is 15.8. The van der Waals surface area contributed by atoms with Crippen LogP contribution in [0.4, 0.5) is 0 Å². The molecule has 0 radical (unpaired) electrons. The van der Waals surface area contributed by atoms with Gasteiger partial charge in [-0.3, -0.25) is 0 Å². The van der Waals surface area contributed by atoms with Crippen molar-refractivity contribution in [2.45, 2.75) is 32.6 Å². The van der Waals surface area contributed by atoms with E-state index < -0.39 is 11.6 Å². The summed E-state index contributed by atoms with van der Waals surface area (Å²) in [6, 6.07) is 11.8. The number of aromatic nitrogens is 2. The smallest absolute Gasteiger partial charge is 0.335 e. The zero-order valence-electron chi connectivity index (χ0n) is 14.1. The summed E-state index contributed by atoms with van der Waals surface area (Å²) in [5.41, 5.74) is 1.54. The van der Waals surface area contributed by atoms with Gasteiger partial charge in [0, 0.05) is 6.54 Å². The number of benzene rings is 2. The number of aromatic carboxylic acids is 1. The average molecular weight is 340 g/mol. The number of hydrogen-bond donors (Lipinski definition) is 3. The standard InChI is InChI=1S/C19H20N2O4/c1-3-21-16-10-13(17(23)24)6-9-15(16)20-18(21)19(2,25)14-7-4-12(11-22)5-8-14/h4-10,22,25H,3,11H2,1-2H3,(H,23,24). The largest absolute Gasteiger partial charge is 0.478 e. The Morgan fingerprint density at radius 3 is 2.44 bits per heavy atom. The van der Waals surface area contributed by atoms with E-state index >= 15 is 0 Å². The first-order valence-electron chi connectivity index (χ1n) is 8.05. The van der Waals surface area contributed by atoms with Gasteiger partial charge < -0.3 is 19.9 Å². The van der Waals surface area contributed by atoms with Crippen molar-refractivity contribution < 1.29 is 20.1 Å². The molecule has 0 aliphatic heterocycles. The van der Waals surface area contributed by atoms with Crippen LogP contribution in [0.3, 0.4) is 0 Å². The Morgan fingerprint density at radius 2 is 1.88 bits per heavy atom. The topological polar surface area (TPSA) is 95.6 Å². The number of fused-ring (bicyclic) bond motifs is 1. The van der Waals surface area contributed by atoms with Crippen molar-refractivity contribution in [3.05, 3.63) is 65.0 Å². The van der Waals surface area contributed by atoms with Crippen molar-refractivity contribution in [3.63, 3.8) is 0 Å². The van der Waals surface area contributed by atoms with Crippen LogP contribution in [-0.2, 0) is 18.8 Å². The molecule has 6 nitrogen and oxygen atoms in total. The lowest BCUT2D eigenvalue weighted by molar-refractivity contribution is 0.0697. The van der Waals surface area contributed by atoms with E-state index in [4.69, 9.17) is 5.11 Å². The van der Waals surface area contributed by atoms with E-state index in [0.717, 1.165) is 5.56 Å². The molecular weight excluding hydrogens is 320 g/mol. The van der Waals surface area contributed by atoms with Crippen LogP contribution in [-0.4, -0.2) is 30.8 Å². The number of aliphatic hydroxyl groups is 2. The summed E-state index contributed by atoms with van der Waals surface area (Å²) in [6.45, 7) is 4.06. The minimum atomic E-state index is -1.35. The molecule has 0 saturated carbocycles. The van der Waals surface area contributed by atoms with Gasteiger partial charge in [-0.2, -0.15) is 0 Å². The second-order valence-electron chi connectivity index (χ2n) is 6.12. The van der Waals surface area contributed by atoms with Gasteiger partial charge in [0.15, 0.2) is 0 Å². The van der Waals surface area contributed by atoms with Crippen molar-refractivity contribution >= 4 is 17.0 Å². The second-order valence-corrected chi connectivity index (χ2v) is 6.12. The maximum atomic E-state index is 11.2. The van der Waals surface area contributed by atoms with Gasteiger partial charge in [-0.25, -0.2) is 9.78 Å². The Morgan fingerprint density at radius 1 is 1.20 bits per heavy atom. The summed E-state index contributed by atoms with van der Waals surface area (Å²) in [5.74, 6) is -0.553. The summed E-state index contributed by atoms with van der Waals surface area (Å²) >= 11 is 0. The number of aryl methyl sites for hydroxylation is 1. The molecule has 0 spiro atoms. The van der Waals surface area contributed by atoms with Crippen molar-refractivity contribution in [2.75, 3.05) is 0 Å². The van der Waals surface area contributed by atoms with E-state index in [9.17, 15) is 15.0 Å². The monoisotopic (exact) mass is 340 g/mol. The third-order valence-electron chi connectivity index (χ3n) is 4.45. The van der Waals surface area contributed by atoms with Crippen molar-refractivity contribution in [1.29, 1.82) is 0 Å². The molecule has 0 amide bonds. The first-order valence-corrected chi connectivity index (χ1v) is 8.05. The molecular formula is C19H20N2O4. The van der Waals surface area contributed by atoms with Gasteiger partial charge in [0.1, 0.15) is 11.4 Å². The van der Waals surface area contributed by atoms with Crippen LogP contribution in [0.15, 0.2) is 42.5 Å². The summed E-state index contributed by atoms with van der Waals surface area (Å²) in [5, 5.41) is 29.5. The van der Waals surface area contributed by atoms with E-state index in [-0.39, 0.29) is 12.2 Å². The van der Waals surface area contributed by atoms with Crippen molar-refractivity contribution in [1.82, 2.24) is 9.55 Å². The molecule has 3 rings (SSSR count). The number of hydrogen-bond acceptors (Lipinski definition) is 4. The van der Waals surface area contributed by atoms with Gasteiger partial charge in [-0.05, 0) is 43.2 Å². The lowest BCUT2D eigenvalue weighted by atomic mass is 9.94. The fourth-order valence-corrected chi connectivity index (χ4v) is 3.01. The van der Waals surface area contributed by atoms with Crippen LogP contribution in [0.25, 0.3) is 11.0 Å². The normalized spacial score (nSPS) is 13.8. The molecule has 0 saturated heterocycles. The average Bonchev–Trinajstić information content (AvgIpc) is 3.00. The van der Waals surface area contributed by atoms with Crippen LogP contribution in [0.2, 0.25) is 0 Å². The van der Waals surface area contributed by atoms with Crippen LogP contribution >= 0.6 is 0 Å². The maximum Gasteiger partial charge on any atom is 0.335 e. The van der Waals surface area contributed by atoms with E-state index in [1.54, 1.807) is 43.3 Å². The quantitative estimate of drug-likeness (QED) is 0.663. The van der Waals surface area contributed by atoms with Gasteiger partial charge >= 0.3 is 5.97 Å². The molecule has 1 heterocycles. The molecule has 1 unspecified atom stereocenters. The minimum absolute atomic E-state index is 0.0616. The number of carboxylic acid groups (broad SMARTS) is 1. The Bertz CT molecular complexity index is 926. The molecule has 25 heavy (non-hydrogen) atoms. The van der Waals surface area contributed by atoms with Gasteiger partial charge in [0.2, 0.25) is 0 Å². The molecule has 0 fully saturated rings. The lowest BCUT2D eigenvalue weighted by Gasteiger charge is -2.24. The Kier molecular flexibility index (Phi) is 4.32. The Labute approximate surface area is 145 Å². The molecule has 1 aromatic heterocycles. The lowest BCUT2D eigenvalue weighted by Crippen LogP contribution is -2.27. The number of carboxylic acids is 1. The SMILES string of the molecule is CCn1c(C(C)(O)c2ccc(CO)cc2)nc2ccc(C(=O)O)cc21. The maximum absolute atomic E-state index is 11.2.